The van der Waals surface area contributed by atoms with Crippen molar-refractivity contribution in [3.63, 3.8) is 0 Å². The van der Waals surface area contributed by atoms with E-state index in [0.29, 0.717) is 19.1 Å². The van der Waals surface area contributed by atoms with Crippen LogP contribution in [0.15, 0.2) is 24.3 Å². The van der Waals surface area contributed by atoms with Crippen molar-refractivity contribution in [1.82, 2.24) is 0 Å². The summed E-state index contributed by atoms with van der Waals surface area (Å²) >= 11 is 0. The van der Waals surface area contributed by atoms with Crippen molar-refractivity contribution in [3.05, 3.63) is 24.3 Å². The van der Waals surface area contributed by atoms with Gasteiger partial charge >= 0.3 is 0 Å². The first-order valence-corrected chi connectivity index (χ1v) is 8.19. The molecule has 0 spiro atoms. The molecule has 0 saturated carbocycles. The molecule has 1 aliphatic rings. The van der Waals surface area contributed by atoms with Gasteiger partial charge in [-0.05, 0) is 45.1 Å². The molecule has 1 aliphatic heterocycles. The summed E-state index contributed by atoms with van der Waals surface area (Å²) in [5.74, 6) is -0.260. The molecule has 1 N–H and O–H groups in total. The van der Waals surface area contributed by atoms with Gasteiger partial charge in [0.15, 0.2) is 5.79 Å². The summed E-state index contributed by atoms with van der Waals surface area (Å²) in [4.78, 5) is 0. The Morgan fingerprint density at radius 2 is 2.14 bits per heavy atom. The molecule has 0 aromatic heterocycles. The van der Waals surface area contributed by atoms with Crippen LogP contribution in [0.1, 0.15) is 47.0 Å². The largest absolute Gasteiger partial charge is 0.396 e. The van der Waals surface area contributed by atoms with Crippen molar-refractivity contribution in [3.8, 4) is 0 Å². The summed E-state index contributed by atoms with van der Waals surface area (Å²) in [6.07, 6.45) is 6.82. The fourth-order valence-corrected chi connectivity index (χ4v) is 2.60. The highest BCUT2D eigenvalue weighted by Gasteiger charge is 2.35. The molecule has 1 rings (SSSR count). The van der Waals surface area contributed by atoms with Gasteiger partial charge in [-0.2, -0.15) is 0 Å². The third kappa shape index (κ3) is 7.05. The number of rotatable bonds is 9. The summed E-state index contributed by atoms with van der Waals surface area (Å²) in [5, 5.41) is 9.15. The molecule has 1 saturated heterocycles. The van der Waals surface area contributed by atoms with E-state index < -0.39 is 5.79 Å². The minimum Gasteiger partial charge on any atom is -0.396 e. The predicted molar refractivity (Wildman–Crippen MR) is 88.7 cm³/mol. The van der Waals surface area contributed by atoms with E-state index in [1.165, 1.54) is 5.57 Å². The Morgan fingerprint density at radius 3 is 2.77 bits per heavy atom. The lowest BCUT2D eigenvalue weighted by Gasteiger charge is -2.41. The maximum atomic E-state index is 9.15. The molecule has 0 bridgehead atoms. The molecule has 4 nitrogen and oxygen atoms in total. The Bertz CT molecular complexity index is 362. The van der Waals surface area contributed by atoms with Gasteiger partial charge in [-0.3, -0.25) is 0 Å². The number of aliphatic hydroxyl groups excluding tert-OH is 1. The number of aliphatic hydroxyl groups is 1. The van der Waals surface area contributed by atoms with Gasteiger partial charge < -0.3 is 19.3 Å². The molecule has 22 heavy (non-hydrogen) atoms. The van der Waals surface area contributed by atoms with Gasteiger partial charge in [0.1, 0.15) is 0 Å². The zero-order valence-corrected chi connectivity index (χ0v) is 14.5. The first kappa shape index (κ1) is 19.4. The van der Waals surface area contributed by atoms with E-state index in [2.05, 4.69) is 26.5 Å². The van der Waals surface area contributed by atoms with Crippen LogP contribution in [-0.2, 0) is 14.2 Å². The summed E-state index contributed by atoms with van der Waals surface area (Å²) in [6.45, 7) is 13.1. The van der Waals surface area contributed by atoms with Crippen molar-refractivity contribution in [2.24, 2.45) is 5.92 Å². The minimum atomic E-state index is -0.576. The zero-order valence-electron chi connectivity index (χ0n) is 14.5. The standard InChI is InChI=1S/C18H32O4/c1-6-10-20-11-9-15(3)17-12-16(8-7-14(2)13-19)21-18(4,5)22-17/h6,9,14,16-17,19H,1,7-8,10-13H2,2-5H3/b15-9+/t14-,16+,17+/m1/s1. The Hall–Kier alpha value is -0.680. The highest BCUT2D eigenvalue weighted by molar-refractivity contribution is 5.07. The zero-order chi connectivity index (χ0) is 16.6. The van der Waals surface area contributed by atoms with E-state index in [1.807, 2.05) is 13.8 Å². The smallest absolute Gasteiger partial charge is 0.163 e. The lowest BCUT2D eigenvalue weighted by molar-refractivity contribution is -0.293. The van der Waals surface area contributed by atoms with Gasteiger partial charge in [-0.25, -0.2) is 0 Å². The fraction of sp³-hybridized carbons (Fsp3) is 0.778. The molecule has 0 radical (unpaired) electrons. The van der Waals surface area contributed by atoms with E-state index in [9.17, 15) is 0 Å². The monoisotopic (exact) mass is 312 g/mol. The first-order valence-electron chi connectivity index (χ1n) is 8.19. The molecule has 0 aliphatic carbocycles. The minimum absolute atomic E-state index is 0.0607. The third-order valence-corrected chi connectivity index (χ3v) is 3.91. The molecule has 128 valence electrons. The van der Waals surface area contributed by atoms with Crippen molar-refractivity contribution in [2.45, 2.75) is 65.0 Å². The highest BCUT2D eigenvalue weighted by atomic mass is 16.7. The second kappa shape index (κ2) is 9.46. The quantitative estimate of drug-likeness (QED) is 0.523. The Morgan fingerprint density at radius 1 is 1.41 bits per heavy atom. The van der Waals surface area contributed by atoms with Crippen LogP contribution in [0, 0.1) is 5.92 Å². The lowest BCUT2D eigenvalue weighted by atomic mass is 9.96. The van der Waals surface area contributed by atoms with Gasteiger partial charge in [0, 0.05) is 13.0 Å². The van der Waals surface area contributed by atoms with Crippen molar-refractivity contribution < 1.29 is 19.3 Å². The second-order valence-corrected chi connectivity index (χ2v) is 6.62. The third-order valence-electron chi connectivity index (χ3n) is 3.91. The van der Waals surface area contributed by atoms with Crippen LogP contribution in [-0.4, -0.2) is 42.9 Å². The van der Waals surface area contributed by atoms with Gasteiger partial charge in [-0.1, -0.05) is 19.1 Å². The van der Waals surface area contributed by atoms with Crippen LogP contribution in [0.5, 0.6) is 0 Å². The van der Waals surface area contributed by atoms with Gasteiger partial charge in [0.05, 0.1) is 25.4 Å². The lowest BCUT2D eigenvalue weighted by Crippen LogP contribution is -2.45. The second-order valence-electron chi connectivity index (χ2n) is 6.62. The molecule has 3 atom stereocenters. The van der Waals surface area contributed by atoms with Gasteiger partial charge in [0.2, 0.25) is 0 Å². The molecule has 4 heteroatoms. The molecule has 0 aromatic rings. The average Bonchev–Trinajstić information content (AvgIpc) is 2.47. The van der Waals surface area contributed by atoms with E-state index in [4.69, 9.17) is 19.3 Å². The summed E-state index contributed by atoms with van der Waals surface area (Å²) in [7, 11) is 0. The maximum Gasteiger partial charge on any atom is 0.163 e. The van der Waals surface area contributed by atoms with E-state index in [-0.39, 0.29) is 18.8 Å². The van der Waals surface area contributed by atoms with Crippen LogP contribution < -0.4 is 0 Å². The summed E-state index contributed by atoms with van der Waals surface area (Å²) in [6, 6.07) is 0. The Labute approximate surface area is 135 Å². The molecule has 1 heterocycles. The van der Waals surface area contributed by atoms with Crippen LogP contribution in [0.4, 0.5) is 0 Å². The summed E-state index contributed by atoms with van der Waals surface area (Å²) < 4.78 is 17.5. The van der Waals surface area contributed by atoms with E-state index >= 15 is 0 Å². The predicted octanol–water partition coefficient (Wildman–Crippen LogP) is 3.45. The highest BCUT2D eigenvalue weighted by Crippen LogP contribution is 2.32. The molecule has 0 amide bonds. The van der Waals surface area contributed by atoms with Crippen LogP contribution >= 0.6 is 0 Å². The van der Waals surface area contributed by atoms with Crippen molar-refractivity contribution in [2.75, 3.05) is 19.8 Å². The summed E-state index contributed by atoms with van der Waals surface area (Å²) in [5.41, 5.74) is 1.18. The molecule has 1 fully saturated rings. The maximum absolute atomic E-state index is 9.15. The van der Waals surface area contributed by atoms with Gasteiger partial charge in [-0.15, -0.1) is 6.58 Å². The van der Waals surface area contributed by atoms with Crippen LogP contribution in [0.3, 0.4) is 0 Å². The molecule has 0 unspecified atom stereocenters. The number of hydrogen-bond acceptors (Lipinski definition) is 4. The van der Waals surface area contributed by atoms with Crippen LogP contribution in [0.2, 0.25) is 0 Å². The SMILES string of the molecule is C=CCOC/C=C(\C)[C@@H]1C[C@H](CC[C@@H](C)CO)OC(C)(C)O1. The Kier molecular flexibility index (Phi) is 8.33. The van der Waals surface area contributed by atoms with Crippen molar-refractivity contribution in [1.29, 1.82) is 0 Å². The number of ether oxygens (including phenoxy) is 3. The van der Waals surface area contributed by atoms with E-state index in [1.54, 1.807) is 6.08 Å². The molecular weight excluding hydrogens is 280 g/mol. The molecule has 0 aromatic carbocycles. The average molecular weight is 312 g/mol. The fourth-order valence-electron chi connectivity index (χ4n) is 2.60. The van der Waals surface area contributed by atoms with Crippen molar-refractivity contribution >= 4 is 0 Å². The normalized spacial score (nSPS) is 26.7. The molecular formula is C18H32O4. The Balaban J connectivity index is 2.56. The first-order chi connectivity index (χ1) is 10.4. The van der Waals surface area contributed by atoms with Gasteiger partial charge in [0.25, 0.3) is 0 Å². The van der Waals surface area contributed by atoms with E-state index in [0.717, 1.165) is 19.3 Å². The number of hydrogen-bond donors (Lipinski definition) is 1. The van der Waals surface area contributed by atoms with Crippen LogP contribution in [0.25, 0.3) is 0 Å². The topological polar surface area (TPSA) is 47.9 Å².